The molecule has 0 amide bonds. The van der Waals surface area contributed by atoms with Gasteiger partial charge in [0.15, 0.2) is 17.7 Å². The van der Waals surface area contributed by atoms with Gasteiger partial charge in [0.1, 0.15) is 5.75 Å². The fraction of sp³-hybridized carbons (Fsp3) is 0.158. The molecule has 0 saturated carbocycles. The maximum atomic E-state index is 12.6. The van der Waals surface area contributed by atoms with Gasteiger partial charge in [0, 0.05) is 5.56 Å². The van der Waals surface area contributed by atoms with Gasteiger partial charge in [0.2, 0.25) is 0 Å². The minimum atomic E-state index is -0.678. The van der Waals surface area contributed by atoms with E-state index in [1.165, 1.54) is 0 Å². The number of rotatable bonds is 6. The van der Waals surface area contributed by atoms with Crippen LogP contribution in [0.2, 0.25) is 0 Å². The quantitative estimate of drug-likeness (QED) is 0.600. The van der Waals surface area contributed by atoms with Crippen molar-refractivity contribution >= 4 is 11.6 Å². The third-order valence-electron chi connectivity index (χ3n) is 3.26. The molecule has 1 unspecified atom stereocenters. The van der Waals surface area contributed by atoms with Crippen LogP contribution in [-0.2, 0) is 4.79 Å². The van der Waals surface area contributed by atoms with E-state index in [4.69, 9.17) is 4.74 Å². The summed E-state index contributed by atoms with van der Waals surface area (Å²) in [5.41, 5.74) is 1.45. The van der Waals surface area contributed by atoms with Gasteiger partial charge in [-0.15, -0.1) is 0 Å². The largest absolute Gasteiger partial charge is 0.482 e. The van der Waals surface area contributed by atoms with Gasteiger partial charge in [-0.05, 0) is 31.6 Å². The first kappa shape index (κ1) is 15.7. The molecule has 0 aliphatic carbocycles. The Morgan fingerprint density at radius 3 is 2.23 bits per heavy atom. The van der Waals surface area contributed by atoms with Gasteiger partial charge >= 0.3 is 0 Å². The predicted molar refractivity (Wildman–Crippen MR) is 86.2 cm³/mol. The molecule has 0 fully saturated rings. The molecule has 0 bridgehead atoms. The van der Waals surface area contributed by atoms with E-state index in [9.17, 15) is 9.59 Å². The zero-order valence-electron chi connectivity index (χ0n) is 12.7. The molecule has 0 N–H and O–H groups in total. The molecule has 1 atom stereocenters. The summed E-state index contributed by atoms with van der Waals surface area (Å²) in [6.07, 6.45) is -0.678. The van der Waals surface area contributed by atoms with Gasteiger partial charge in [-0.2, -0.15) is 0 Å². The van der Waals surface area contributed by atoms with E-state index in [1.54, 1.807) is 50.2 Å². The summed E-state index contributed by atoms with van der Waals surface area (Å²) in [6, 6.07) is 15.9. The topological polar surface area (TPSA) is 43.4 Å². The Labute approximate surface area is 130 Å². The highest BCUT2D eigenvalue weighted by Gasteiger charge is 2.19. The van der Waals surface area contributed by atoms with E-state index >= 15 is 0 Å². The molecule has 3 heteroatoms. The summed E-state index contributed by atoms with van der Waals surface area (Å²) in [5, 5.41) is 0. The summed E-state index contributed by atoms with van der Waals surface area (Å²) in [6.45, 7) is 6.92. The summed E-state index contributed by atoms with van der Waals surface area (Å²) < 4.78 is 5.68. The molecule has 22 heavy (non-hydrogen) atoms. The van der Waals surface area contributed by atoms with Crippen LogP contribution in [0.25, 0.3) is 0 Å². The highest BCUT2D eigenvalue weighted by molar-refractivity contribution is 6.10. The van der Waals surface area contributed by atoms with Gasteiger partial charge in [0.25, 0.3) is 0 Å². The molecule has 0 heterocycles. The second-order valence-corrected chi connectivity index (χ2v) is 5.10. The van der Waals surface area contributed by atoms with Crippen LogP contribution >= 0.6 is 0 Å². The third kappa shape index (κ3) is 3.50. The number of Topliss-reactive ketones (excluding diaryl/α,β-unsaturated/α-hetero) is 1. The first-order chi connectivity index (χ1) is 10.5. The van der Waals surface area contributed by atoms with Crippen LogP contribution in [-0.4, -0.2) is 17.7 Å². The van der Waals surface area contributed by atoms with Crippen LogP contribution in [0.5, 0.6) is 5.75 Å². The number of benzene rings is 2. The monoisotopic (exact) mass is 294 g/mol. The first-order valence-electron chi connectivity index (χ1n) is 7.06. The molecule has 0 aromatic heterocycles. The van der Waals surface area contributed by atoms with Gasteiger partial charge < -0.3 is 4.74 Å². The molecule has 0 saturated heterocycles. The van der Waals surface area contributed by atoms with E-state index in [-0.39, 0.29) is 11.6 Å². The SMILES string of the molecule is C=C(C)C(=O)C(C)Oc1ccccc1C(=O)c1ccccc1. The van der Waals surface area contributed by atoms with Crippen molar-refractivity contribution in [2.45, 2.75) is 20.0 Å². The van der Waals surface area contributed by atoms with Gasteiger partial charge in [0.05, 0.1) is 5.56 Å². The van der Waals surface area contributed by atoms with Crippen molar-refractivity contribution in [3.63, 3.8) is 0 Å². The average molecular weight is 294 g/mol. The molecule has 0 aliphatic rings. The molecule has 0 spiro atoms. The Kier molecular flexibility index (Phi) is 4.89. The lowest BCUT2D eigenvalue weighted by molar-refractivity contribution is -0.121. The maximum Gasteiger partial charge on any atom is 0.198 e. The van der Waals surface area contributed by atoms with Crippen LogP contribution in [0.4, 0.5) is 0 Å². The number of hydrogen-bond donors (Lipinski definition) is 0. The molecule has 3 nitrogen and oxygen atoms in total. The van der Waals surface area contributed by atoms with Crippen LogP contribution in [0.1, 0.15) is 29.8 Å². The number of hydrogen-bond acceptors (Lipinski definition) is 3. The van der Waals surface area contributed by atoms with E-state index in [1.807, 2.05) is 18.2 Å². The highest BCUT2D eigenvalue weighted by atomic mass is 16.5. The summed E-state index contributed by atoms with van der Waals surface area (Å²) in [5.74, 6) is 0.0894. The van der Waals surface area contributed by atoms with Crippen LogP contribution in [0.15, 0.2) is 66.7 Å². The molecular formula is C19H18O3. The van der Waals surface area contributed by atoms with Crippen molar-refractivity contribution in [2.24, 2.45) is 0 Å². The zero-order valence-corrected chi connectivity index (χ0v) is 12.7. The second-order valence-electron chi connectivity index (χ2n) is 5.10. The third-order valence-corrected chi connectivity index (χ3v) is 3.26. The van der Waals surface area contributed by atoms with Crippen molar-refractivity contribution in [2.75, 3.05) is 0 Å². The second kappa shape index (κ2) is 6.85. The van der Waals surface area contributed by atoms with Gasteiger partial charge in [-0.25, -0.2) is 0 Å². The van der Waals surface area contributed by atoms with Crippen LogP contribution in [0, 0.1) is 0 Å². The smallest absolute Gasteiger partial charge is 0.198 e. The van der Waals surface area contributed by atoms with Crippen molar-refractivity contribution < 1.29 is 14.3 Å². The molecule has 112 valence electrons. The fourth-order valence-corrected chi connectivity index (χ4v) is 2.09. The number of carbonyl (C=O) groups excluding carboxylic acids is 2. The van der Waals surface area contributed by atoms with Crippen molar-refractivity contribution in [1.82, 2.24) is 0 Å². The summed E-state index contributed by atoms with van der Waals surface area (Å²) in [7, 11) is 0. The van der Waals surface area contributed by atoms with Gasteiger partial charge in [-0.1, -0.05) is 49.0 Å². The highest BCUT2D eigenvalue weighted by Crippen LogP contribution is 2.23. The Morgan fingerprint density at radius 2 is 1.59 bits per heavy atom. The maximum absolute atomic E-state index is 12.6. The lowest BCUT2D eigenvalue weighted by Gasteiger charge is -2.16. The fourth-order valence-electron chi connectivity index (χ4n) is 2.09. The minimum Gasteiger partial charge on any atom is -0.482 e. The Morgan fingerprint density at radius 1 is 1.00 bits per heavy atom. The summed E-state index contributed by atoms with van der Waals surface area (Å²) in [4.78, 5) is 24.5. The Bertz CT molecular complexity index is 702. The molecule has 2 aromatic rings. The number of ether oxygens (including phenoxy) is 1. The lowest BCUT2D eigenvalue weighted by Crippen LogP contribution is -2.25. The lowest BCUT2D eigenvalue weighted by atomic mass is 10.0. The number of ketones is 2. The van der Waals surface area contributed by atoms with Crippen LogP contribution in [0.3, 0.4) is 0 Å². The first-order valence-corrected chi connectivity index (χ1v) is 7.06. The van der Waals surface area contributed by atoms with Gasteiger partial charge in [-0.3, -0.25) is 9.59 Å². The predicted octanol–water partition coefficient (Wildman–Crippen LogP) is 3.83. The Hall–Kier alpha value is -2.68. The van der Waals surface area contributed by atoms with Crippen molar-refractivity contribution in [3.05, 3.63) is 77.9 Å². The molecule has 2 aromatic carbocycles. The molecular weight excluding hydrogens is 276 g/mol. The average Bonchev–Trinajstić information content (AvgIpc) is 2.54. The Balaban J connectivity index is 2.29. The normalized spacial score (nSPS) is 11.5. The standard InChI is InChI=1S/C19H18O3/c1-13(2)18(20)14(3)22-17-12-8-7-11-16(17)19(21)15-9-5-4-6-10-15/h4-12,14H,1H2,2-3H3. The number of para-hydroxylation sites is 1. The van der Waals surface area contributed by atoms with E-state index in [2.05, 4.69) is 6.58 Å². The molecule has 0 aliphatic heterocycles. The van der Waals surface area contributed by atoms with Crippen molar-refractivity contribution in [3.8, 4) is 5.75 Å². The van der Waals surface area contributed by atoms with E-state index in [0.717, 1.165) is 0 Å². The molecule has 0 radical (unpaired) electrons. The van der Waals surface area contributed by atoms with Crippen molar-refractivity contribution in [1.29, 1.82) is 0 Å². The number of carbonyl (C=O) groups is 2. The molecule has 2 rings (SSSR count). The zero-order chi connectivity index (χ0) is 16.1. The van der Waals surface area contributed by atoms with E-state index < -0.39 is 6.10 Å². The summed E-state index contributed by atoms with van der Waals surface area (Å²) >= 11 is 0. The minimum absolute atomic E-state index is 0.133. The van der Waals surface area contributed by atoms with Crippen LogP contribution < -0.4 is 4.74 Å². The van der Waals surface area contributed by atoms with E-state index in [0.29, 0.717) is 22.4 Å².